The molecule has 2 N–H and O–H groups in total. The first-order valence-electron chi connectivity index (χ1n) is 24.5. The van der Waals surface area contributed by atoms with E-state index in [9.17, 15) is 24.3 Å². The molecule has 13 nitrogen and oxygen atoms in total. The van der Waals surface area contributed by atoms with Gasteiger partial charge in [-0.15, -0.1) is 11.3 Å². The quantitative estimate of drug-likeness (QED) is 0.0287. The summed E-state index contributed by atoms with van der Waals surface area (Å²) in [5.74, 6) is -1.85. The third kappa shape index (κ3) is 14.4. The van der Waals surface area contributed by atoms with Crippen LogP contribution in [0.2, 0.25) is 0 Å². The summed E-state index contributed by atoms with van der Waals surface area (Å²) in [4.78, 5) is 57.0. The molecular formula is C61H49N3O10S4. The number of carbonyl (C=O) groups excluding carboxylic acids is 4. The molecule has 2 amide bonds. The van der Waals surface area contributed by atoms with Gasteiger partial charge in [0.25, 0.3) is 11.8 Å². The fourth-order valence-electron chi connectivity index (χ4n) is 8.01. The minimum atomic E-state index is -1.15. The summed E-state index contributed by atoms with van der Waals surface area (Å²) in [5.41, 5.74) is 4.86. The van der Waals surface area contributed by atoms with Crippen molar-refractivity contribution >= 4 is 93.5 Å². The van der Waals surface area contributed by atoms with Gasteiger partial charge in [0.2, 0.25) is 12.0 Å². The van der Waals surface area contributed by atoms with Gasteiger partial charge in [-0.05, 0) is 95.0 Å². The number of rotatable bonds is 22. The number of ether oxygens (including phenoxy) is 5. The van der Waals surface area contributed by atoms with Crippen molar-refractivity contribution in [2.45, 2.75) is 32.3 Å². The Balaban J connectivity index is 0.931. The van der Waals surface area contributed by atoms with Gasteiger partial charge in [0, 0.05) is 17.7 Å². The maximum absolute atomic E-state index is 14.1. The molecule has 8 aromatic rings. The first-order valence-corrected chi connectivity index (χ1v) is 27.0. The molecule has 0 spiro atoms. The zero-order valence-electron chi connectivity index (χ0n) is 41.6. The van der Waals surface area contributed by atoms with Crippen molar-refractivity contribution in [1.82, 2.24) is 14.8 Å². The predicted octanol–water partition coefficient (Wildman–Crippen LogP) is 12.2. The number of benzene rings is 7. The van der Waals surface area contributed by atoms with Gasteiger partial charge in [0.1, 0.15) is 47.9 Å². The standard InChI is InChI=1S/C61H49N3O10S4/c65-54-40-77-61(76)64(54)49(33-44-26-28-50(71-37-42-18-8-2-9-19-42)47(32-44)39-70-48-24-14-5-15-25-48)59(69)74-55(66)36-63-58(68)53(78-60(63)75)35-45-27-29-51(72-38-43-20-10-3-11-21-43)52(34-45)73-56(46-22-12-4-13-23-46)57(67)62-31-30-41-16-6-1-7-17-41/h1-29,32-35,40,56,65H,30-31,36-39H2,(H,62,67). The highest BCUT2D eigenvalue weighted by molar-refractivity contribution is 8.26. The van der Waals surface area contributed by atoms with Crippen LogP contribution >= 0.6 is 47.5 Å². The second kappa shape index (κ2) is 26.4. The van der Waals surface area contributed by atoms with Gasteiger partial charge in [-0.2, -0.15) is 0 Å². The Morgan fingerprint density at radius 2 is 1.24 bits per heavy atom. The van der Waals surface area contributed by atoms with Gasteiger partial charge < -0.3 is 34.1 Å². The maximum atomic E-state index is 14.1. The third-order valence-corrected chi connectivity index (χ3v) is 14.5. The molecule has 1 unspecified atom stereocenters. The Bertz CT molecular complexity index is 3540. The molecule has 1 aromatic heterocycles. The van der Waals surface area contributed by atoms with E-state index in [4.69, 9.17) is 48.1 Å². The molecule has 0 aliphatic carbocycles. The zero-order valence-corrected chi connectivity index (χ0v) is 44.9. The number of nitrogens with zero attached hydrogens (tertiary/aromatic N) is 2. The number of aromatic nitrogens is 1. The summed E-state index contributed by atoms with van der Waals surface area (Å²) < 4.78 is 31.8. The average molecular weight is 1110 g/mol. The minimum absolute atomic E-state index is 0.0412. The molecule has 2 heterocycles. The van der Waals surface area contributed by atoms with Gasteiger partial charge in [-0.1, -0.05) is 176 Å². The number of hydrogen-bond acceptors (Lipinski definition) is 14. The van der Waals surface area contributed by atoms with Crippen LogP contribution in [0.4, 0.5) is 0 Å². The Kier molecular flexibility index (Phi) is 18.4. The molecule has 0 radical (unpaired) electrons. The highest BCUT2D eigenvalue weighted by Gasteiger charge is 2.35. The fraction of sp³-hybridized carbons (Fsp3) is 0.115. The van der Waals surface area contributed by atoms with Crippen LogP contribution in [-0.2, 0) is 50.2 Å². The van der Waals surface area contributed by atoms with Crippen LogP contribution < -0.4 is 24.3 Å². The Hall–Kier alpha value is -8.61. The van der Waals surface area contributed by atoms with Gasteiger partial charge >= 0.3 is 11.9 Å². The van der Waals surface area contributed by atoms with E-state index in [1.54, 1.807) is 54.6 Å². The molecule has 1 atom stereocenters. The first-order chi connectivity index (χ1) is 38.0. The van der Waals surface area contributed by atoms with E-state index in [1.165, 1.54) is 11.5 Å². The first kappa shape index (κ1) is 54.2. The predicted molar refractivity (Wildman–Crippen MR) is 308 cm³/mol. The van der Waals surface area contributed by atoms with E-state index in [1.807, 2.05) is 140 Å². The highest BCUT2D eigenvalue weighted by atomic mass is 32.2. The topological polar surface area (TPSA) is 155 Å². The lowest BCUT2D eigenvalue weighted by Gasteiger charge is -2.21. The lowest BCUT2D eigenvalue weighted by Crippen LogP contribution is -2.35. The molecule has 1 aliphatic heterocycles. The van der Waals surface area contributed by atoms with E-state index in [0.29, 0.717) is 52.5 Å². The van der Waals surface area contributed by atoms with Crippen LogP contribution in [0.15, 0.2) is 198 Å². The van der Waals surface area contributed by atoms with E-state index in [0.717, 1.165) is 49.3 Å². The Morgan fingerprint density at radius 3 is 1.88 bits per heavy atom. The number of amides is 2. The van der Waals surface area contributed by atoms with Gasteiger partial charge in [-0.3, -0.25) is 19.1 Å². The third-order valence-electron chi connectivity index (χ3n) is 11.9. The van der Waals surface area contributed by atoms with Gasteiger partial charge in [0.05, 0.1) is 10.3 Å². The van der Waals surface area contributed by atoms with Crippen molar-refractivity contribution < 1.29 is 48.0 Å². The SMILES string of the molecule is O=C(CN1C(=O)C(=Cc2ccc(OCc3ccccc3)c(OC(C(=O)NCCc3ccccc3)c3ccccc3)c2)SC1=S)OC(=O)C(=Cc1ccc(OCc2ccccc2)c(COc2ccccc2)c1)n1c(O)csc1=S. The second-order valence-electron chi connectivity index (χ2n) is 17.4. The summed E-state index contributed by atoms with van der Waals surface area (Å²) in [6, 6.07) is 57.7. The molecule has 1 aliphatic rings. The zero-order chi connectivity index (χ0) is 54.2. The van der Waals surface area contributed by atoms with Crippen LogP contribution in [-0.4, -0.2) is 55.7 Å². The average Bonchev–Trinajstić information content (AvgIpc) is 3.96. The number of esters is 2. The van der Waals surface area contributed by atoms with E-state index >= 15 is 0 Å². The number of hydrogen-bond donors (Lipinski definition) is 2. The fourth-order valence-corrected chi connectivity index (χ4v) is 10.2. The van der Waals surface area contributed by atoms with Crippen molar-refractivity contribution in [3.05, 3.63) is 241 Å². The smallest absolute Gasteiger partial charge is 0.363 e. The van der Waals surface area contributed by atoms with Crippen molar-refractivity contribution in [2.75, 3.05) is 13.1 Å². The Morgan fingerprint density at radius 1 is 0.654 bits per heavy atom. The van der Waals surface area contributed by atoms with Crippen molar-refractivity contribution in [3.8, 4) is 28.9 Å². The number of para-hydroxylation sites is 1. The molecule has 0 bridgehead atoms. The number of thioether (sulfide) groups is 1. The largest absolute Gasteiger partial charge is 0.494 e. The second-order valence-corrected chi connectivity index (χ2v) is 20.6. The van der Waals surface area contributed by atoms with Crippen molar-refractivity contribution in [1.29, 1.82) is 0 Å². The lowest BCUT2D eigenvalue weighted by molar-refractivity contribution is -0.157. The van der Waals surface area contributed by atoms with Gasteiger partial charge in [0.15, 0.2) is 15.5 Å². The molecule has 17 heteroatoms. The van der Waals surface area contributed by atoms with Crippen LogP contribution in [0.3, 0.4) is 0 Å². The van der Waals surface area contributed by atoms with Crippen LogP contribution in [0.5, 0.6) is 28.9 Å². The van der Waals surface area contributed by atoms with Crippen LogP contribution in [0.25, 0.3) is 17.8 Å². The van der Waals surface area contributed by atoms with Gasteiger partial charge in [-0.25, -0.2) is 9.59 Å². The monoisotopic (exact) mass is 1110 g/mol. The molecule has 9 rings (SSSR count). The number of nitrogens with one attached hydrogen (secondary N) is 1. The Labute approximate surface area is 469 Å². The maximum Gasteiger partial charge on any atom is 0.363 e. The number of thiazole rings is 1. The molecule has 0 saturated carbocycles. The van der Waals surface area contributed by atoms with Crippen LogP contribution in [0.1, 0.15) is 45.0 Å². The summed E-state index contributed by atoms with van der Waals surface area (Å²) in [7, 11) is 0. The minimum Gasteiger partial charge on any atom is -0.494 e. The summed E-state index contributed by atoms with van der Waals surface area (Å²) in [6.07, 6.45) is 2.54. The molecular weight excluding hydrogens is 1060 g/mol. The molecule has 7 aromatic carbocycles. The lowest BCUT2D eigenvalue weighted by atomic mass is 10.1. The van der Waals surface area contributed by atoms with E-state index < -0.39 is 30.5 Å². The number of carbonyl (C=O) groups is 4. The molecule has 78 heavy (non-hydrogen) atoms. The van der Waals surface area contributed by atoms with E-state index in [2.05, 4.69) is 5.32 Å². The molecule has 1 saturated heterocycles. The van der Waals surface area contributed by atoms with Crippen molar-refractivity contribution in [3.63, 3.8) is 0 Å². The number of aromatic hydroxyl groups is 1. The normalized spacial score (nSPS) is 13.2. The summed E-state index contributed by atoms with van der Waals surface area (Å²) in [6.45, 7) is 0.244. The summed E-state index contributed by atoms with van der Waals surface area (Å²) in [5, 5.41) is 15.3. The molecule has 392 valence electrons. The van der Waals surface area contributed by atoms with E-state index in [-0.39, 0.29) is 56.2 Å². The highest BCUT2D eigenvalue weighted by Crippen LogP contribution is 2.38. The summed E-state index contributed by atoms with van der Waals surface area (Å²) >= 11 is 13.1. The number of thiocarbonyl (C=S) groups is 1. The van der Waals surface area contributed by atoms with Crippen molar-refractivity contribution in [2.24, 2.45) is 0 Å². The molecule has 1 fully saturated rings. The van der Waals surface area contributed by atoms with Crippen LogP contribution in [0, 0.1) is 3.95 Å².